The summed E-state index contributed by atoms with van der Waals surface area (Å²) >= 11 is 0. The standard InChI is InChI=1S/C15H14FNO2/c1-11-6-8-12(9-7-11)17-15(18)10-19-14-5-3-2-4-13(14)16/h2-9H,10H2,1H3,(H,17,18). The third-order valence-electron chi connectivity index (χ3n) is 2.53. The van der Waals surface area contributed by atoms with E-state index in [2.05, 4.69) is 5.32 Å². The summed E-state index contributed by atoms with van der Waals surface area (Å²) in [7, 11) is 0. The maximum atomic E-state index is 13.3. The van der Waals surface area contributed by atoms with Crippen LogP contribution in [0.25, 0.3) is 0 Å². The second-order valence-electron chi connectivity index (χ2n) is 4.13. The molecule has 2 aromatic carbocycles. The number of carbonyl (C=O) groups excluding carboxylic acids is 1. The zero-order valence-corrected chi connectivity index (χ0v) is 10.5. The van der Waals surface area contributed by atoms with Crippen LogP contribution in [0.5, 0.6) is 5.75 Å². The first-order valence-corrected chi connectivity index (χ1v) is 5.89. The highest BCUT2D eigenvalue weighted by Gasteiger charge is 2.06. The number of benzene rings is 2. The van der Waals surface area contributed by atoms with Gasteiger partial charge in [0.25, 0.3) is 5.91 Å². The lowest BCUT2D eigenvalue weighted by Crippen LogP contribution is -2.20. The topological polar surface area (TPSA) is 38.3 Å². The summed E-state index contributed by atoms with van der Waals surface area (Å²) in [5, 5.41) is 2.67. The third-order valence-corrected chi connectivity index (χ3v) is 2.53. The molecule has 0 aliphatic rings. The summed E-state index contributed by atoms with van der Waals surface area (Å²) in [5.41, 5.74) is 1.80. The zero-order valence-electron chi connectivity index (χ0n) is 10.5. The number of hydrogen-bond donors (Lipinski definition) is 1. The van der Waals surface area contributed by atoms with Crippen molar-refractivity contribution in [2.24, 2.45) is 0 Å². The van der Waals surface area contributed by atoms with Crippen LogP contribution in [0.4, 0.5) is 10.1 Å². The molecule has 0 heterocycles. The van der Waals surface area contributed by atoms with E-state index in [1.165, 1.54) is 12.1 Å². The molecule has 0 bridgehead atoms. The number of ether oxygens (including phenoxy) is 1. The van der Waals surface area contributed by atoms with Crippen LogP contribution in [0.1, 0.15) is 5.56 Å². The third kappa shape index (κ3) is 3.81. The SMILES string of the molecule is Cc1ccc(NC(=O)COc2ccccc2F)cc1. The van der Waals surface area contributed by atoms with Crippen LogP contribution in [-0.2, 0) is 4.79 Å². The van der Waals surface area contributed by atoms with Crippen LogP contribution < -0.4 is 10.1 Å². The fourth-order valence-electron chi connectivity index (χ4n) is 1.54. The predicted octanol–water partition coefficient (Wildman–Crippen LogP) is 3.15. The van der Waals surface area contributed by atoms with E-state index in [0.717, 1.165) is 5.56 Å². The molecule has 1 amide bonds. The van der Waals surface area contributed by atoms with Crippen LogP contribution >= 0.6 is 0 Å². The Morgan fingerprint density at radius 3 is 2.53 bits per heavy atom. The molecule has 2 rings (SSSR count). The molecule has 4 heteroatoms. The molecule has 0 radical (unpaired) electrons. The van der Waals surface area contributed by atoms with Crippen LogP contribution in [0.3, 0.4) is 0 Å². The molecule has 1 N–H and O–H groups in total. The van der Waals surface area contributed by atoms with Gasteiger partial charge in [0, 0.05) is 5.69 Å². The summed E-state index contributed by atoms with van der Waals surface area (Å²) in [6.45, 7) is 1.74. The van der Waals surface area contributed by atoms with E-state index in [9.17, 15) is 9.18 Å². The molecule has 0 saturated heterocycles. The van der Waals surface area contributed by atoms with Gasteiger partial charge in [-0.25, -0.2) is 4.39 Å². The maximum Gasteiger partial charge on any atom is 0.262 e. The Morgan fingerprint density at radius 2 is 1.84 bits per heavy atom. The van der Waals surface area contributed by atoms with Crippen molar-refractivity contribution in [3.8, 4) is 5.75 Å². The predicted molar refractivity (Wildman–Crippen MR) is 71.7 cm³/mol. The van der Waals surface area contributed by atoms with Crippen molar-refractivity contribution in [2.75, 3.05) is 11.9 Å². The summed E-state index contributed by atoms with van der Waals surface area (Å²) < 4.78 is 18.4. The highest BCUT2D eigenvalue weighted by Crippen LogP contribution is 2.15. The van der Waals surface area contributed by atoms with Crippen molar-refractivity contribution in [3.05, 3.63) is 59.9 Å². The Kier molecular flexibility index (Phi) is 4.13. The van der Waals surface area contributed by atoms with Gasteiger partial charge in [0.15, 0.2) is 18.2 Å². The van der Waals surface area contributed by atoms with Gasteiger partial charge in [0.2, 0.25) is 0 Å². The normalized spacial score (nSPS) is 10.0. The molecular formula is C15H14FNO2. The average Bonchev–Trinajstić information content (AvgIpc) is 2.40. The van der Waals surface area contributed by atoms with Crippen molar-refractivity contribution < 1.29 is 13.9 Å². The molecule has 0 aromatic heterocycles. The number of amides is 1. The number of nitrogens with one attached hydrogen (secondary N) is 1. The van der Waals surface area contributed by atoms with Gasteiger partial charge in [-0.2, -0.15) is 0 Å². The first kappa shape index (κ1) is 13.1. The molecule has 0 aliphatic carbocycles. The fraction of sp³-hybridized carbons (Fsp3) is 0.133. The van der Waals surface area contributed by atoms with Crippen molar-refractivity contribution in [3.63, 3.8) is 0 Å². The number of carbonyl (C=O) groups is 1. The minimum absolute atomic E-state index is 0.0709. The van der Waals surface area contributed by atoms with Crippen molar-refractivity contribution in [1.82, 2.24) is 0 Å². The summed E-state index contributed by atoms with van der Waals surface area (Å²) in [6, 6.07) is 13.4. The quantitative estimate of drug-likeness (QED) is 0.916. The molecule has 0 aliphatic heterocycles. The Morgan fingerprint density at radius 1 is 1.16 bits per heavy atom. The lowest BCUT2D eigenvalue weighted by atomic mass is 10.2. The van der Waals surface area contributed by atoms with E-state index >= 15 is 0 Å². The lowest BCUT2D eigenvalue weighted by Gasteiger charge is -2.08. The van der Waals surface area contributed by atoms with E-state index < -0.39 is 5.82 Å². The summed E-state index contributed by atoms with van der Waals surface area (Å²) in [4.78, 5) is 11.6. The monoisotopic (exact) mass is 259 g/mol. The second-order valence-corrected chi connectivity index (χ2v) is 4.13. The van der Waals surface area contributed by atoms with Crippen LogP contribution in [0.15, 0.2) is 48.5 Å². The largest absolute Gasteiger partial charge is 0.481 e. The van der Waals surface area contributed by atoms with Gasteiger partial charge in [-0.05, 0) is 31.2 Å². The highest BCUT2D eigenvalue weighted by molar-refractivity contribution is 5.91. The number of anilines is 1. The summed E-state index contributed by atoms with van der Waals surface area (Å²) in [5.74, 6) is -0.737. The van der Waals surface area contributed by atoms with Gasteiger partial charge in [-0.15, -0.1) is 0 Å². The number of halogens is 1. The van der Waals surface area contributed by atoms with Crippen LogP contribution in [0.2, 0.25) is 0 Å². The van der Waals surface area contributed by atoms with Gasteiger partial charge in [-0.3, -0.25) is 4.79 Å². The summed E-state index contributed by atoms with van der Waals surface area (Å²) in [6.07, 6.45) is 0. The molecule has 3 nitrogen and oxygen atoms in total. The Balaban J connectivity index is 1.88. The molecule has 0 spiro atoms. The van der Waals surface area contributed by atoms with Gasteiger partial charge in [0.1, 0.15) is 0 Å². The van der Waals surface area contributed by atoms with Gasteiger partial charge < -0.3 is 10.1 Å². The molecule has 2 aromatic rings. The van der Waals surface area contributed by atoms with Crippen molar-refractivity contribution >= 4 is 11.6 Å². The van der Waals surface area contributed by atoms with E-state index in [1.54, 1.807) is 24.3 Å². The van der Waals surface area contributed by atoms with Crippen molar-refractivity contribution in [2.45, 2.75) is 6.92 Å². The minimum Gasteiger partial charge on any atom is -0.481 e. The number of aryl methyl sites for hydroxylation is 1. The second kappa shape index (κ2) is 6.00. The highest BCUT2D eigenvalue weighted by atomic mass is 19.1. The molecular weight excluding hydrogens is 245 g/mol. The number of hydrogen-bond acceptors (Lipinski definition) is 2. The van der Waals surface area contributed by atoms with Crippen LogP contribution in [0, 0.1) is 12.7 Å². The maximum absolute atomic E-state index is 13.3. The smallest absolute Gasteiger partial charge is 0.262 e. The Bertz CT molecular complexity index is 567. The van der Waals surface area contributed by atoms with Gasteiger partial charge in [0.05, 0.1) is 0 Å². The molecule has 0 fully saturated rings. The van der Waals surface area contributed by atoms with Crippen molar-refractivity contribution in [1.29, 1.82) is 0 Å². The zero-order chi connectivity index (χ0) is 13.7. The Labute approximate surface area is 111 Å². The first-order chi connectivity index (χ1) is 9.15. The number of para-hydroxylation sites is 1. The molecule has 0 saturated carbocycles. The van der Waals surface area contributed by atoms with Gasteiger partial charge in [-0.1, -0.05) is 29.8 Å². The van der Waals surface area contributed by atoms with E-state index in [0.29, 0.717) is 5.69 Å². The first-order valence-electron chi connectivity index (χ1n) is 5.89. The lowest BCUT2D eigenvalue weighted by molar-refractivity contribution is -0.118. The van der Waals surface area contributed by atoms with Crippen LogP contribution in [-0.4, -0.2) is 12.5 Å². The fourth-order valence-corrected chi connectivity index (χ4v) is 1.54. The van der Waals surface area contributed by atoms with Gasteiger partial charge >= 0.3 is 0 Å². The van der Waals surface area contributed by atoms with E-state index in [1.807, 2.05) is 19.1 Å². The molecule has 0 atom stereocenters. The van der Waals surface area contributed by atoms with E-state index in [4.69, 9.17) is 4.74 Å². The number of rotatable bonds is 4. The Hall–Kier alpha value is -2.36. The van der Waals surface area contributed by atoms with E-state index in [-0.39, 0.29) is 18.3 Å². The average molecular weight is 259 g/mol. The molecule has 19 heavy (non-hydrogen) atoms. The molecule has 0 unspecified atom stereocenters. The molecule has 98 valence electrons. The minimum atomic E-state index is -0.481.